The maximum atomic E-state index is 10.9. The molecule has 0 aromatic carbocycles. The predicted molar refractivity (Wildman–Crippen MR) is 43.5 cm³/mol. The van der Waals surface area contributed by atoms with E-state index in [9.17, 15) is 4.79 Å². The Kier molecular flexibility index (Phi) is 2.47. The zero-order chi connectivity index (χ0) is 9.03. The number of hydrogen-bond donors (Lipinski definition) is 0. The number of carbonyl (C=O) groups is 1. The lowest BCUT2D eigenvalue weighted by Gasteiger charge is -2.25. The molecule has 0 N–H and O–H groups in total. The van der Waals surface area contributed by atoms with Crippen LogP contribution in [0, 0.1) is 0 Å². The molecule has 1 aliphatic rings. The van der Waals surface area contributed by atoms with Crippen LogP contribution in [-0.4, -0.2) is 18.0 Å². The molecule has 0 radical (unpaired) electrons. The van der Waals surface area contributed by atoms with Crippen LogP contribution in [0.5, 0.6) is 0 Å². The number of carbonyl (C=O) groups excluding carboxylic acids is 1. The summed E-state index contributed by atoms with van der Waals surface area (Å²) in [5.41, 5.74) is 0. The fourth-order valence-electron chi connectivity index (χ4n) is 0.758. The molecule has 1 rings (SSSR count). The third-order valence-corrected chi connectivity index (χ3v) is 1.36. The summed E-state index contributed by atoms with van der Waals surface area (Å²) in [5, 5.41) is 0. The Bertz CT molecular complexity index is 234. The van der Waals surface area contributed by atoms with Gasteiger partial charge in [-0.1, -0.05) is 6.92 Å². The third kappa shape index (κ3) is 2.08. The average molecular weight is 169 g/mol. The highest BCUT2D eigenvalue weighted by Crippen LogP contribution is 2.14. The normalized spacial score (nSPS) is 26.5. The van der Waals surface area contributed by atoms with E-state index in [1.165, 1.54) is 18.7 Å². The van der Waals surface area contributed by atoms with Crippen LogP contribution in [0.25, 0.3) is 0 Å². The molecule has 0 saturated heterocycles. The summed E-state index contributed by atoms with van der Waals surface area (Å²) < 4.78 is 10.0. The first-order chi connectivity index (χ1) is 5.66. The lowest BCUT2D eigenvalue weighted by atomic mass is 10.3. The number of nitrogens with zero attached hydrogens (tertiary/aromatic N) is 1. The van der Waals surface area contributed by atoms with Crippen LogP contribution in [0.2, 0.25) is 0 Å². The third-order valence-electron chi connectivity index (χ3n) is 1.36. The van der Waals surface area contributed by atoms with Gasteiger partial charge < -0.3 is 9.47 Å². The van der Waals surface area contributed by atoms with Gasteiger partial charge in [-0.25, -0.2) is 0 Å². The van der Waals surface area contributed by atoms with Crippen LogP contribution >= 0.6 is 0 Å². The Hall–Kier alpha value is -1.32. The molecule has 1 atom stereocenters. The van der Waals surface area contributed by atoms with Gasteiger partial charge in [0.25, 0.3) is 5.79 Å². The molecule has 0 aromatic rings. The summed E-state index contributed by atoms with van der Waals surface area (Å²) in [6.45, 7) is 3.36. The van der Waals surface area contributed by atoms with Crippen molar-refractivity contribution in [2.24, 2.45) is 4.99 Å². The van der Waals surface area contributed by atoms with Crippen LogP contribution in [0.1, 0.15) is 20.3 Å². The van der Waals surface area contributed by atoms with Crippen molar-refractivity contribution in [1.29, 1.82) is 0 Å². The van der Waals surface area contributed by atoms with Gasteiger partial charge >= 0.3 is 5.97 Å². The highest BCUT2D eigenvalue weighted by atomic mass is 16.7. The topological polar surface area (TPSA) is 47.9 Å². The molecule has 1 unspecified atom stereocenters. The summed E-state index contributed by atoms with van der Waals surface area (Å²) in [5.74, 6) is -1.33. The zero-order valence-corrected chi connectivity index (χ0v) is 7.11. The summed E-state index contributed by atoms with van der Waals surface area (Å²) in [6.07, 6.45) is 4.65. The maximum Gasteiger partial charge on any atom is 0.309 e. The van der Waals surface area contributed by atoms with Gasteiger partial charge in [-0.05, 0) is 0 Å². The molecule has 4 nitrogen and oxygen atoms in total. The van der Waals surface area contributed by atoms with E-state index in [4.69, 9.17) is 9.47 Å². The molecule has 12 heavy (non-hydrogen) atoms. The van der Waals surface area contributed by atoms with Crippen molar-refractivity contribution in [1.82, 2.24) is 0 Å². The van der Waals surface area contributed by atoms with Crippen molar-refractivity contribution >= 4 is 12.2 Å². The van der Waals surface area contributed by atoms with Crippen molar-refractivity contribution in [3.63, 3.8) is 0 Å². The Morgan fingerprint density at radius 3 is 3.00 bits per heavy atom. The molecular weight excluding hydrogens is 158 g/mol. The minimum atomic E-state index is -1.03. The lowest BCUT2D eigenvalue weighted by Crippen LogP contribution is -2.35. The van der Waals surface area contributed by atoms with Crippen LogP contribution in [0.3, 0.4) is 0 Å². The molecule has 1 aliphatic heterocycles. The SMILES string of the molecule is CCC(=O)OC1(C)C=NC=CO1. The Labute approximate surface area is 70.9 Å². The molecule has 0 aliphatic carbocycles. The lowest BCUT2D eigenvalue weighted by molar-refractivity contribution is -0.179. The average Bonchev–Trinajstić information content (AvgIpc) is 2.05. The Morgan fingerprint density at radius 1 is 1.75 bits per heavy atom. The molecule has 0 amide bonds. The minimum Gasteiger partial charge on any atom is -0.454 e. The summed E-state index contributed by atoms with van der Waals surface area (Å²) in [7, 11) is 0. The predicted octanol–water partition coefficient (Wildman–Crippen LogP) is 1.23. The molecular formula is C8H11NO3. The van der Waals surface area contributed by atoms with E-state index in [-0.39, 0.29) is 5.97 Å². The summed E-state index contributed by atoms with van der Waals surface area (Å²) in [6, 6.07) is 0. The largest absolute Gasteiger partial charge is 0.454 e. The van der Waals surface area contributed by atoms with E-state index in [0.29, 0.717) is 6.42 Å². The first kappa shape index (κ1) is 8.77. The van der Waals surface area contributed by atoms with Gasteiger partial charge in [0.05, 0.1) is 12.4 Å². The van der Waals surface area contributed by atoms with Gasteiger partial charge in [0.15, 0.2) is 0 Å². The summed E-state index contributed by atoms with van der Waals surface area (Å²) in [4.78, 5) is 14.7. The molecule has 0 saturated carbocycles. The maximum absolute atomic E-state index is 10.9. The van der Waals surface area contributed by atoms with E-state index in [1.807, 2.05) is 0 Å². The van der Waals surface area contributed by atoms with Gasteiger partial charge in [0.1, 0.15) is 6.26 Å². The second-order valence-corrected chi connectivity index (χ2v) is 2.52. The van der Waals surface area contributed by atoms with Gasteiger partial charge in [-0.2, -0.15) is 0 Å². The Morgan fingerprint density at radius 2 is 2.50 bits per heavy atom. The first-order valence-corrected chi connectivity index (χ1v) is 3.75. The monoisotopic (exact) mass is 169 g/mol. The van der Waals surface area contributed by atoms with Crippen LogP contribution in [0.4, 0.5) is 0 Å². The van der Waals surface area contributed by atoms with Crippen molar-refractivity contribution in [3.05, 3.63) is 12.5 Å². The number of hydrogen-bond acceptors (Lipinski definition) is 4. The van der Waals surface area contributed by atoms with Crippen LogP contribution < -0.4 is 0 Å². The van der Waals surface area contributed by atoms with Crippen LogP contribution in [-0.2, 0) is 14.3 Å². The van der Waals surface area contributed by atoms with Crippen molar-refractivity contribution in [2.75, 3.05) is 0 Å². The van der Waals surface area contributed by atoms with Crippen LogP contribution in [0.15, 0.2) is 17.5 Å². The van der Waals surface area contributed by atoms with E-state index >= 15 is 0 Å². The van der Waals surface area contributed by atoms with E-state index in [1.54, 1.807) is 13.8 Å². The smallest absolute Gasteiger partial charge is 0.309 e. The van der Waals surface area contributed by atoms with Crippen molar-refractivity contribution in [3.8, 4) is 0 Å². The van der Waals surface area contributed by atoms with E-state index < -0.39 is 5.79 Å². The highest BCUT2D eigenvalue weighted by molar-refractivity contribution is 5.75. The number of esters is 1. The number of aliphatic imine (C=N–C) groups is 1. The van der Waals surface area contributed by atoms with E-state index in [2.05, 4.69) is 4.99 Å². The Balaban J connectivity index is 2.55. The molecule has 4 heteroatoms. The van der Waals surface area contributed by atoms with Gasteiger partial charge in [0, 0.05) is 13.3 Å². The van der Waals surface area contributed by atoms with E-state index in [0.717, 1.165) is 0 Å². The molecule has 1 heterocycles. The zero-order valence-electron chi connectivity index (χ0n) is 7.11. The van der Waals surface area contributed by atoms with Crippen molar-refractivity contribution < 1.29 is 14.3 Å². The number of ether oxygens (including phenoxy) is 2. The van der Waals surface area contributed by atoms with Gasteiger partial charge in [-0.3, -0.25) is 9.79 Å². The summed E-state index contributed by atoms with van der Waals surface area (Å²) >= 11 is 0. The molecule has 66 valence electrons. The fourth-order valence-corrected chi connectivity index (χ4v) is 0.758. The van der Waals surface area contributed by atoms with Gasteiger partial charge in [-0.15, -0.1) is 0 Å². The first-order valence-electron chi connectivity index (χ1n) is 3.75. The fraction of sp³-hybridized carbons (Fsp3) is 0.500. The van der Waals surface area contributed by atoms with Gasteiger partial charge in [0.2, 0.25) is 0 Å². The molecule has 0 fully saturated rings. The van der Waals surface area contributed by atoms with Crippen molar-refractivity contribution in [2.45, 2.75) is 26.1 Å². The quantitative estimate of drug-likeness (QED) is 0.584. The second-order valence-electron chi connectivity index (χ2n) is 2.52. The molecule has 0 aromatic heterocycles. The minimum absolute atomic E-state index is 0.306. The number of rotatable bonds is 2. The standard InChI is InChI=1S/C8H11NO3/c1-3-7(10)12-8(2)6-9-4-5-11-8/h4-6H,3H2,1-2H3. The molecule has 0 bridgehead atoms. The molecule has 0 spiro atoms. The second kappa shape index (κ2) is 3.38. The highest BCUT2D eigenvalue weighted by Gasteiger charge is 2.28.